The van der Waals surface area contributed by atoms with E-state index in [0.717, 1.165) is 5.92 Å². The third-order valence-corrected chi connectivity index (χ3v) is 4.05. The van der Waals surface area contributed by atoms with E-state index in [0.29, 0.717) is 0 Å². The zero-order valence-electron chi connectivity index (χ0n) is 11.3. The summed E-state index contributed by atoms with van der Waals surface area (Å²) in [6.45, 7) is 6.87. The molecule has 1 nitrogen and oxygen atoms in total. The Balaban J connectivity index is 1.75. The summed E-state index contributed by atoms with van der Waals surface area (Å²) in [5.74, 6) is 0.926. The molecular weight excluding hydrogens is 206 g/mol. The number of aryl methyl sites for hydroxylation is 3. The van der Waals surface area contributed by atoms with Gasteiger partial charge < -0.3 is 5.32 Å². The molecule has 94 valence electrons. The second kappa shape index (κ2) is 6.20. The molecule has 1 aliphatic heterocycles. The Bertz CT molecular complexity index is 351. The molecule has 1 aromatic carbocycles. The maximum Gasteiger partial charge on any atom is -0.00205 e. The van der Waals surface area contributed by atoms with Crippen LogP contribution in [0.25, 0.3) is 0 Å². The molecule has 1 heteroatoms. The highest BCUT2D eigenvalue weighted by Gasteiger charge is 2.12. The van der Waals surface area contributed by atoms with Crippen molar-refractivity contribution in [2.24, 2.45) is 5.92 Å². The normalized spacial score (nSPS) is 20.5. The topological polar surface area (TPSA) is 12.0 Å². The van der Waals surface area contributed by atoms with Crippen molar-refractivity contribution in [1.29, 1.82) is 0 Å². The van der Waals surface area contributed by atoms with Crippen molar-refractivity contribution in [2.45, 2.75) is 46.0 Å². The maximum absolute atomic E-state index is 3.50. The van der Waals surface area contributed by atoms with Crippen LogP contribution in [0.5, 0.6) is 0 Å². The molecule has 1 heterocycles. The lowest BCUT2D eigenvalue weighted by Crippen LogP contribution is -2.29. The van der Waals surface area contributed by atoms with Crippen LogP contribution in [0, 0.1) is 19.8 Å². The molecule has 0 saturated carbocycles. The van der Waals surface area contributed by atoms with Gasteiger partial charge in [-0.1, -0.05) is 18.2 Å². The molecule has 17 heavy (non-hydrogen) atoms. The van der Waals surface area contributed by atoms with Crippen LogP contribution in [0.3, 0.4) is 0 Å². The number of rotatable bonds is 4. The average molecular weight is 231 g/mol. The number of benzene rings is 1. The van der Waals surface area contributed by atoms with E-state index >= 15 is 0 Å². The largest absolute Gasteiger partial charge is 0.316 e. The van der Waals surface area contributed by atoms with E-state index in [1.54, 1.807) is 0 Å². The third-order valence-electron chi connectivity index (χ3n) is 4.05. The summed E-state index contributed by atoms with van der Waals surface area (Å²) in [7, 11) is 0. The Morgan fingerprint density at radius 3 is 2.82 bits per heavy atom. The minimum absolute atomic E-state index is 0.926. The first-order valence-electron chi connectivity index (χ1n) is 7.02. The van der Waals surface area contributed by atoms with Gasteiger partial charge in [-0.3, -0.25) is 0 Å². The van der Waals surface area contributed by atoms with Crippen molar-refractivity contribution in [3.8, 4) is 0 Å². The van der Waals surface area contributed by atoms with Crippen LogP contribution >= 0.6 is 0 Å². The van der Waals surface area contributed by atoms with Crippen molar-refractivity contribution in [2.75, 3.05) is 13.1 Å². The van der Waals surface area contributed by atoms with Gasteiger partial charge in [0, 0.05) is 0 Å². The summed E-state index contributed by atoms with van der Waals surface area (Å²) in [6.07, 6.45) is 6.78. The van der Waals surface area contributed by atoms with E-state index in [1.807, 2.05) is 0 Å². The van der Waals surface area contributed by atoms with Gasteiger partial charge in [-0.25, -0.2) is 0 Å². The molecule has 1 N–H and O–H groups in total. The van der Waals surface area contributed by atoms with Crippen molar-refractivity contribution in [1.82, 2.24) is 5.32 Å². The fraction of sp³-hybridized carbons (Fsp3) is 0.625. The lowest BCUT2D eigenvalue weighted by Gasteiger charge is -2.22. The van der Waals surface area contributed by atoms with Gasteiger partial charge in [0.1, 0.15) is 0 Å². The lowest BCUT2D eigenvalue weighted by molar-refractivity contribution is 0.351. The van der Waals surface area contributed by atoms with Crippen LogP contribution in [0.15, 0.2) is 18.2 Å². The van der Waals surface area contributed by atoms with Crippen molar-refractivity contribution >= 4 is 0 Å². The summed E-state index contributed by atoms with van der Waals surface area (Å²) in [6, 6.07) is 6.91. The fourth-order valence-electron chi connectivity index (χ4n) is 2.72. The van der Waals surface area contributed by atoms with Gasteiger partial charge in [0.05, 0.1) is 0 Å². The molecule has 1 aromatic rings. The maximum atomic E-state index is 3.50. The quantitative estimate of drug-likeness (QED) is 0.834. The average Bonchev–Trinajstić information content (AvgIpc) is 2.35. The molecule has 1 atom stereocenters. The first-order valence-corrected chi connectivity index (χ1v) is 7.02. The predicted molar refractivity (Wildman–Crippen MR) is 74.4 cm³/mol. The lowest BCUT2D eigenvalue weighted by atomic mass is 9.92. The zero-order valence-corrected chi connectivity index (χ0v) is 11.3. The number of hydrogen-bond acceptors (Lipinski definition) is 1. The summed E-state index contributed by atoms with van der Waals surface area (Å²) < 4.78 is 0. The van der Waals surface area contributed by atoms with Gasteiger partial charge in [0.25, 0.3) is 0 Å². The second-order valence-corrected chi connectivity index (χ2v) is 5.52. The Kier molecular flexibility index (Phi) is 4.61. The van der Waals surface area contributed by atoms with Gasteiger partial charge >= 0.3 is 0 Å². The van der Waals surface area contributed by atoms with Crippen LogP contribution in [0.4, 0.5) is 0 Å². The molecule has 1 saturated heterocycles. The Hall–Kier alpha value is -0.820. The molecule has 2 rings (SSSR count). The number of piperidine rings is 1. The summed E-state index contributed by atoms with van der Waals surface area (Å²) >= 11 is 0. The highest BCUT2D eigenvalue weighted by molar-refractivity contribution is 5.29. The Morgan fingerprint density at radius 2 is 2.12 bits per heavy atom. The molecule has 0 spiro atoms. The van der Waals surface area contributed by atoms with E-state index in [4.69, 9.17) is 0 Å². The Morgan fingerprint density at radius 1 is 1.24 bits per heavy atom. The van der Waals surface area contributed by atoms with Crippen LogP contribution in [0.2, 0.25) is 0 Å². The van der Waals surface area contributed by atoms with Crippen molar-refractivity contribution in [3.63, 3.8) is 0 Å². The van der Waals surface area contributed by atoms with Gasteiger partial charge in [-0.15, -0.1) is 0 Å². The van der Waals surface area contributed by atoms with E-state index in [2.05, 4.69) is 37.4 Å². The highest BCUT2D eigenvalue weighted by atomic mass is 14.9. The van der Waals surface area contributed by atoms with Crippen LogP contribution < -0.4 is 5.32 Å². The van der Waals surface area contributed by atoms with E-state index in [-0.39, 0.29) is 0 Å². The van der Waals surface area contributed by atoms with Gasteiger partial charge in [-0.2, -0.15) is 0 Å². The standard InChI is InChI=1S/C16H25N/c1-13-8-9-15(11-14(13)2)5-3-6-16-7-4-10-17-12-16/h8-9,11,16-17H,3-7,10,12H2,1-2H3. The highest BCUT2D eigenvalue weighted by Crippen LogP contribution is 2.18. The van der Waals surface area contributed by atoms with E-state index < -0.39 is 0 Å². The first-order chi connectivity index (χ1) is 8.25. The molecule has 0 aliphatic carbocycles. The molecule has 0 radical (unpaired) electrons. The molecule has 0 bridgehead atoms. The summed E-state index contributed by atoms with van der Waals surface area (Å²) in [5.41, 5.74) is 4.35. The minimum atomic E-state index is 0.926. The van der Waals surface area contributed by atoms with Crippen molar-refractivity contribution in [3.05, 3.63) is 34.9 Å². The first kappa shape index (κ1) is 12.6. The predicted octanol–water partition coefficient (Wildman–Crippen LogP) is 3.63. The van der Waals surface area contributed by atoms with E-state index in [1.165, 1.54) is 61.9 Å². The minimum Gasteiger partial charge on any atom is -0.316 e. The summed E-state index contributed by atoms with van der Waals surface area (Å²) in [4.78, 5) is 0. The zero-order chi connectivity index (χ0) is 12.1. The smallest absolute Gasteiger partial charge is 0.00205 e. The second-order valence-electron chi connectivity index (χ2n) is 5.52. The molecule has 0 amide bonds. The van der Waals surface area contributed by atoms with Crippen molar-refractivity contribution < 1.29 is 0 Å². The molecule has 0 aromatic heterocycles. The van der Waals surface area contributed by atoms with Gasteiger partial charge in [0.15, 0.2) is 0 Å². The summed E-state index contributed by atoms with van der Waals surface area (Å²) in [5, 5.41) is 3.50. The number of hydrogen-bond donors (Lipinski definition) is 1. The van der Waals surface area contributed by atoms with Gasteiger partial charge in [0.2, 0.25) is 0 Å². The number of nitrogens with one attached hydrogen (secondary N) is 1. The van der Waals surface area contributed by atoms with Gasteiger partial charge in [-0.05, 0) is 81.6 Å². The van der Waals surface area contributed by atoms with Crippen LogP contribution in [-0.4, -0.2) is 13.1 Å². The monoisotopic (exact) mass is 231 g/mol. The SMILES string of the molecule is Cc1ccc(CCCC2CCCNC2)cc1C. The van der Waals surface area contributed by atoms with E-state index in [9.17, 15) is 0 Å². The third kappa shape index (κ3) is 3.85. The van der Waals surface area contributed by atoms with Crippen LogP contribution in [0.1, 0.15) is 42.4 Å². The molecular formula is C16H25N. The molecule has 1 unspecified atom stereocenters. The molecule has 1 fully saturated rings. The molecule has 1 aliphatic rings. The Labute approximate surface area is 106 Å². The fourth-order valence-corrected chi connectivity index (χ4v) is 2.72. The van der Waals surface area contributed by atoms with Crippen LogP contribution in [-0.2, 0) is 6.42 Å².